The molecular weight excluding hydrogens is 254 g/mol. The van der Waals surface area contributed by atoms with Gasteiger partial charge in [-0.1, -0.05) is 6.92 Å². The number of carbonyl (C=O) groups is 1. The van der Waals surface area contributed by atoms with Crippen molar-refractivity contribution in [2.24, 2.45) is 7.05 Å². The van der Waals surface area contributed by atoms with Gasteiger partial charge in [0.1, 0.15) is 0 Å². The lowest BCUT2D eigenvalue weighted by atomic mass is 10.1. The van der Waals surface area contributed by atoms with Gasteiger partial charge in [0.15, 0.2) is 5.82 Å². The maximum absolute atomic E-state index is 12.6. The van der Waals surface area contributed by atoms with Crippen molar-refractivity contribution in [3.63, 3.8) is 0 Å². The van der Waals surface area contributed by atoms with Crippen LogP contribution in [0, 0.1) is 13.8 Å². The standard InChI is InChI=1S/C14H21N5O/c1-6-8-19-11(3)13(10(2)15-19)14(20)18(5)12-7-9-17(4)16-12/h7,9H,6,8H2,1-5H3. The molecule has 0 aliphatic carbocycles. The smallest absolute Gasteiger partial charge is 0.262 e. The van der Waals surface area contributed by atoms with Crippen molar-refractivity contribution in [1.29, 1.82) is 0 Å². The summed E-state index contributed by atoms with van der Waals surface area (Å²) in [6, 6.07) is 1.82. The van der Waals surface area contributed by atoms with Crippen LogP contribution < -0.4 is 4.90 Å². The summed E-state index contributed by atoms with van der Waals surface area (Å²) in [4.78, 5) is 14.2. The van der Waals surface area contributed by atoms with Crippen molar-refractivity contribution in [1.82, 2.24) is 19.6 Å². The van der Waals surface area contributed by atoms with Gasteiger partial charge in [0, 0.05) is 38.6 Å². The molecular formula is C14H21N5O. The zero-order valence-electron chi connectivity index (χ0n) is 12.7. The molecule has 108 valence electrons. The van der Waals surface area contributed by atoms with Crippen LogP contribution in [-0.4, -0.2) is 32.5 Å². The number of anilines is 1. The lowest BCUT2D eigenvalue weighted by molar-refractivity contribution is 0.0991. The van der Waals surface area contributed by atoms with E-state index < -0.39 is 0 Å². The average Bonchev–Trinajstić information content (AvgIpc) is 2.94. The molecule has 20 heavy (non-hydrogen) atoms. The number of carbonyl (C=O) groups excluding carboxylic acids is 1. The van der Waals surface area contributed by atoms with E-state index >= 15 is 0 Å². The van der Waals surface area contributed by atoms with Crippen molar-refractivity contribution >= 4 is 11.7 Å². The van der Waals surface area contributed by atoms with Crippen LogP contribution in [0.4, 0.5) is 5.82 Å². The summed E-state index contributed by atoms with van der Waals surface area (Å²) in [7, 11) is 3.57. The number of amides is 1. The summed E-state index contributed by atoms with van der Waals surface area (Å²) in [5.41, 5.74) is 2.35. The monoisotopic (exact) mass is 275 g/mol. The van der Waals surface area contributed by atoms with Gasteiger partial charge in [-0.25, -0.2) is 0 Å². The van der Waals surface area contributed by atoms with Crippen LogP contribution in [-0.2, 0) is 13.6 Å². The van der Waals surface area contributed by atoms with Gasteiger partial charge in [-0.3, -0.25) is 19.1 Å². The molecule has 0 spiro atoms. The van der Waals surface area contributed by atoms with Crippen molar-refractivity contribution in [3.05, 3.63) is 29.2 Å². The molecule has 0 saturated carbocycles. The van der Waals surface area contributed by atoms with Gasteiger partial charge in [0.25, 0.3) is 5.91 Å². The highest BCUT2D eigenvalue weighted by Crippen LogP contribution is 2.18. The Labute approximate surface area is 119 Å². The summed E-state index contributed by atoms with van der Waals surface area (Å²) in [5, 5.41) is 8.70. The van der Waals surface area contributed by atoms with Gasteiger partial charge in [0.2, 0.25) is 0 Å². The van der Waals surface area contributed by atoms with Crippen molar-refractivity contribution in [3.8, 4) is 0 Å². The minimum absolute atomic E-state index is 0.0685. The van der Waals surface area contributed by atoms with E-state index in [0.29, 0.717) is 11.4 Å². The largest absolute Gasteiger partial charge is 0.294 e. The zero-order valence-corrected chi connectivity index (χ0v) is 12.7. The summed E-state index contributed by atoms with van der Waals surface area (Å²) in [6.45, 7) is 6.74. The van der Waals surface area contributed by atoms with E-state index in [-0.39, 0.29) is 5.91 Å². The SMILES string of the molecule is CCCn1nc(C)c(C(=O)N(C)c2ccn(C)n2)c1C. The zero-order chi connectivity index (χ0) is 14.9. The Morgan fingerprint density at radius 1 is 1.35 bits per heavy atom. The van der Waals surface area contributed by atoms with E-state index in [1.165, 1.54) is 0 Å². The fraction of sp³-hybridized carbons (Fsp3) is 0.500. The molecule has 6 heteroatoms. The third-order valence-corrected chi connectivity index (χ3v) is 3.38. The third kappa shape index (κ3) is 2.45. The second kappa shape index (κ2) is 5.48. The van der Waals surface area contributed by atoms with Crippen LogP contribution >= 0.6 is 0 Å². The van der Waals surface area contributed by atoms with Crippen LogP contribution in [0.3, 0.4) is 0 Å². The molecule has 2 aromatic heterocycles. The van der Waals surface area contributed by atoms with Gasteiger partial charge in [-0.15, -0.1) is 0 Å². The van der Waals surface area contributed by atoms with Crippen molar-refractivity contribution in [2.45, 2.75) is 33.7 Å². The number of aryl methyl sites for hydroxylation is 3. The normalized spacial score (nSPS) is 10.8. The highest BCUT2D eigenvalue weighted by atomic mass is 16.2. The van der Waals surface area contributed by atoms with E-state index in [1.54, 1.807) is 16.6 Å². The van der Waals surface area contributed by atoms with Gasteiger partial charge in [-0.05, 0) is 20.3 Å². The molecule has 0 bridgehead atoms. The maximum atomic E-state index is 12.6. The van der Waals surface area contributed by atoms with Crippen molar-refractivity contribution in [2.75, 3.05) is 11.9 Å². The second-order valence-corrected chi connectivity index (χ2v) is 4.98. The lowest BCUT2D eigenvalue weighted by Crippen LogP contribution is -2.27. The number of hydrogen-bond acceptors (Lipinski definition) is 3. The molecule has 0 aliphatic rings. The highest BCUT2D eigenvalue weighted by Gasteiger charge is 2.23. The van der Waals surface area contributed by atoms with Crippen LogP contribution in [0.2, 0.25) is 0 Å². The fourth-order valence-electron chi connectivity index (χ4n) is 2.29. The average molecular weight is 275 g/mol. The lowest BCUT2D eigenvalue weighted by Gasteiger charge is -2.14. The number of hydrogen-bond donors (Lipinski definition) is 0. The summed E-state index contributed by atoms with van der Waals surface area (Å²) < 4.78 is 3.58. The molecule has 0 atom stereocenters. The molecule has 2 aromatic rings. The quantitative estimate of drug-likeness (QED) is 0.856. The van der Waals surface area contributed by atoms with E-state index in [2.05, 4.69) is 17.1 Å². The van der Waals surface area contributed by atoms with Gasteiger partial charge < -0.3 is 0 Å². The van der Waals surface area contributed by atoms with E-state index in [4.69, 9.17) is 0 Å². The second-order valence-electron chi connectivity index (χ2n) is 4.98. The van der Waals surface area contributed by atoms with E-state index in [0.717, 1.165) is 24.4 Å². The fourth-order valence-corrected chi connectivity index (χ4v) is 2.29. The van der Waals surface area contributed by atoms with Gasteiger partial charge >= 0.3 is 0 Å². The summed E-state index contributed by atoms with van der Waals surface area (Å²) in [5.74, 6) is 0.570. The predicted octanol–water partition coefficient (Wildman–Crippen LogP) is 1.92. The third-order valence-electron chi connectivity index (χ3n) is 3.38. The van der Waals surface area contributed by atoms with E-state index in [1.807, 2.05) is 37.8 Å². The van der Waals surface area contributed by atoms with Gasteiger partial charge in [0.05, 0.1) is 11.3 Å². The molecule has 0 aliphatic heterocycles. The Hall–Kier alpha value is -2.11. The highest BCUT2D eigenvalue weighted by molar-refractivity contribution is 6.06. The summed E-state index contributed by atoms with van der Waals surface area (Å²) in [6.07, 6.45) is 2.81. The molecule has 2 rings (SSSR count). The van der Waals surface area contributed by atoms with Crippen LogP contribution in [0.25, 0.3) is 0 Å². The molecule has 0 unspecified atom stereocenters. The Morgan fingerprint density at radius 3 is 2.60 bits per heavy atom. The maximum Gasteiger partial charge on any atom is 0.262 e. The molecule has 6 nitrogen and oxygen atoms in total. The number of rotatable bonds is 4. The molecule has 0 radical (unpaired) electrons. The molecule has 0 fully saturated rings. The Balaban J connectivity index is 2.33. The van der Waals surface area contributed by atoms with Crippen LogP contribution in [0.15, 0.2) is 12.3 Å². The Kier molecular flexibility index (Phi) is 3.92. The number of nitrogens with zero attached hydrogens (tertiary/aromatic N) is 5. The Bertz CT molecular complexity index is 626. The van der Waals surface area contributed by atoms with Crippen LogP contribution in [0.1, 0.15) is 35.1 Å². The topological polar surface area (TPSA) is 56.0 Å². The first-order valence-corrected chi connectivity index (χ1v) is 6.77. The van der Waals surface area contributed by atoms with Crippen LogP contribution in [0.5, 0.6) is 0 Å². The Morgan fingerprint density at radius 2 is 2.05 bits per heavy atom. The number of aromatic nitrogens is 4. The first-order chi connectivity index (χ1) is 9.45. The summed E-state index contributed by atoms with van der Waals surface area (Å²) >= 11 is 0. The molecule has 0 N–H and O–H groups in total. The molecule has 0 saturated heterocycles. The van der Waals surface area contributed by atoms with Crippen molar-refractivity contribution < 1.29 is 4.79 Å². The molecule has 1 amide bonds. The first kappa shape index (κ1) is 14.3. The van der Waals surface area contributed by atoms with Gasteiger partial charge in [-0.2, -0.15) is 10.2 Å². The predicted molar refractivity (Wildman–Crippen MR) is 77.9 cm³/mol. The van der Waals surface area contributed by atoms with E-state index in [9.17, 15) is 4.79 Å². The minimum Gasteiger partial charge on any atom is -0.294 e. The molecule has 0 aromatic carbocycles. The minimum atomic E-state index is -0.0685. The molecule has 2 heterocycles. The first-order valence-electron chi connectivity index (χ1n) is 6.77.